The fraction of sp³-hybridized carbons (Fsp3) is 0.467. The Bertz CT molecular complexity index is 486. The van der Waals surface area contributed by atoms with Crippen LogP contribution in [0.25, 0.3) is 0 Å². The average molecular weight is 275 g/mol. The first-order valence-corrected chi connectivity index (χ1v) is 6.92. The van der Waals surface area contributed by atoms with Gasteiger partial charge >= 0.3 is 12.1 Å². The maximum absolute atomic E-state index is 12.2. The van der Waals surface area contributed by atoms with Gasteiger partial charge in [-0.3, -0.25) is 9.69 Å². The topological polar surface area (TPSA) is 55.8 Å². The summed E-state index contributed by atoms with van der Waals surface area (Å²) in [6.45, 7) is 0.240. The minimum atomic E-state index is -0.446. The molecule has 5 heteroatoms. The second-order valence-corrected chi connectivity index (χ2v) is 5.18. The van der Waals surface area contributed by atoms with Crippen LogP contribution in [-0.2, 0) is 20.9 Å². The lowest BCUT2D eigenvalue weighted by Gasteiger charge is -2.43. The van der Waals surface area contributed by atoms with Gasteiger partial charge in [0.2, 0.25) is 0 Å². The molecule has 2 aliphatic heterocycles. The molecule has 2 saturated heterocycles. The fourth-order valence-electron chi connectivity index (χ4n) is 2.81. The van der Waals surface area contributed by atoms with Crippen molar-refractivity contribution in [2.45, 2.75) is 44.6 Å². The molecule has 5 nitrogen and oxygen atoms in total. The number of hydrogen-bond donors (Lipinski definition) is 0. The Morgan fingerprint density at radius 2 is 2.10 bits per heavy atom. The predicted molar refractivity (Wildman–Crippen MR) is 70.6 cm³/mol. The first kappa shape index (κ1) is 13.0. The van der Waals surface area contributed by atoms with Gasteiger partial charge in [0, 0.05) is 12.5 Å². The van der Waals surface area contributed by atoms with E-state index in [1.54, 1.807) is 4.90 Å². The molecule has 1 aromatic rings. The molecule has 2 fully saturated rings. The van der Waals surface area contributed by atoms with Gasteiger partial charge in [0.25, 0.3) is 0 Å². The van der Waals surface area contributed by atoms with Crippen molar-refractivity contribution in [3.05, 3.63) is 35.9 Å². The molecule has 20 heavy (non-hydrogen) atoms. The van der Waals surface area contributed by atoms with Crippen molar-refractivity contribution in [2.75, 3.05) is 0 Å². The average Bonchev–Trinajstić information content (AvgIpc) is 2.45. The van der Waals surface area contributed by atoms with E-state index in [1.807, 2.05) is 30.3 Å². The largest absolute Gasteiger partial charge is 0.444 e. The van der Waals surface area contributed by atoms with Crippen LogP contribution in [0.1, 0.15) is 31.2 Å². The quantitative estimate of drug-likeness (QED) is 0.778. The number of fused-ring (bicyclic) bond motifs is 2. The van der Waals surface area contributed by atoms with E-state index < -0.39 is 12.3 Å². The first-order chi connectivity index (χ1) is 9.74. The van der Waals surface area contributed by atoms with Gasteiger partial charge in [0.05, 0.1) is 6.42 Å². The maximum atomic E-state index is 12.2. The van der Waals surface area contributed by atoms with Gasteiger partial charge in [-0.15, -0.1) is 0 Å². The molecule has 2 atom stereocenters. The predicted octanol–water partition coefficient (Wildman–Crippen LogP) is 2.45. The number of ether oxygens (including phenoxy) is 2. The summed E-state index contributed by atoms with van der Waals surface area (Å²) in [5.41, 5.74) is 0.944. The van der Waals surface area contributed by atoms with Crippen molar-refractivity contribution in [3.8, 4) is 0 Å². The highest BCUT2D eigenvalue weighted by molar-refractivity contribution is 5.75. The van der Waals surface area contributed by atoms with Crippen LogP contribution in [0.4, 0.5) is 4.79 Å². The van der Waals surface area contributed by atoms with Crippen LogP contribution in [0, 0.1) is 0 Å². The van der Waals surface area contributed by atoms with Crippen LogP contribution in [-0.4, -0.2) is 29.2 Å². The Kier molecular flexibility index (Phi) is 3.58. The van der Waals surface area contributed by atoms with E-state index in [1.165, 1.54) is 0 Å². The van der Waals surface area contributed by atoms with Gasteiger partial charge in [0.15, 0.2) is 6.23 Å². The highest BCUT2D eigenvalue weighted by atomic mass is 16.6. The molecule has 2 aliphatic rings. The zero-order valence-electron chi connectivity index (χ0n) is 11.2. The Morgan fingerprint density at radius 1 is 1.30 bits per heavy atom. The lowest BCUT2D eigenvalue weighted by Crippen LogP contribution is -2.56. The van der Waals surface area contributed by atoms with E-state index in [0.29, 0.717) is 6.42 Å². The summed E-state index contributed by atoms with van der Waals surface area (Å²) in [6, 6.07) is 9.47. The normalized spacial score (nSPS) is 25.0. The molecule has 0 aliphatic carbocycles. The molecule has 0 N–H and O–H groups in total. The Balaban J connectivity index is 1.63. The molecule has 0 spiro atoms. The summed E-state index contributed by atoms with van der Waals surface area (Å²) >= 11 is 0. The Hall–Kier alpha value is -2.04. The van der Waals surface area contributed by atoms with Crippen molar-refractivity contribution >= 4 is 12.1 Å². The third-order valence-corrected chi connectivity index (χ3v) is 3.78. The van der Waals surface area contributed by atoms with E-state index in [4.69, 9.17) is 9.47 Å². The number of nitrogens with zero attached hydrogens (tertiary/aromatic N) is 1. The summed E-state index contributed by atoms with van der Waals surface area (Å²) in [5.74, 6) is -0.216. The maximum Gasteiger partial charge on any atom is 0.413 e. The van der Waals surface area contributed by atoms with Gasteiger partial charge in [0.1, 0.15) is 6.61 Å². The Labute approximate surface area is 117 Å². The van der Waals surface area contributed by atoms with Gasteiger partial charge in [-0.1, -0.05) is 30.3 Å². The van der Waals surface area contributed by atoms with E-state index in [2.05, 4.69) is 0 Å². The number of rotatable bonds is 2. The molecule has 1 aromatic carbocycles. The molecule has 0 unspecified atom stereocenters. The van der Waals surface area contributed by atoms with Gasteiger partial charge in [-0.05, 0) is 18.4 Å². The van der Waals surface area contributed by atoms with Crippen LogP contribution in [0.15, 0.2) is 30.3 Å². The van der Waals surface area contributed by atoms with Gasteiger partial charge < -0.3 is 9.47 Å². The lowest BCUT2D eigenvalue weighted by molar-refractivity contribution is -0.178. The molecule has 106 valence electrons. The van der Waals surface area contributed by atoms with Crippen molar-refractivity contribution < 1.29 is 19.1 Å². The van der Waals surface area contributed by atoms with Crippen LogP contribution in [0.5, 0.6) is 0 Å². The molecule has 1 amide bonds. The smallest absolute Gasteiger partial charge is 0.413 e. The van der Waals surface area contributed by atoms with Crippen molar-refractivity contribution in [1.29, 1.82) is 0 Å². The molecule has 0 saturated carbocycles. The highest BCUT2D eigenvalue weighted by Crippen LogP contribution is 2.31. The number of hydrogen-bond acceptors (Lipinski definition) is 4. The third-order valence-electron chi connectivity index (χ3n) is 3.78. The number of esters is 1. The first-order valence-electron chi connectivity index (χ1n) is 6.92. The summed E-state index contributed by atoms with van der Waals surface area (Å²) in [6.07, 6.45) is 1.95. The van der Waals surface area contributed by atoms with E-state index in [9.17, 15) is 9.59 Å². The zero-order chi connectivity index (χ0) is 13.9. The molecular weight excluding hydrogens is 258 g/mol. The summed E-state index contributed by atoms with van der Waals surface area (Å²) < 4.78 is 10.6. The van der Waals surface area contributed by atoms with Crippen molar-refractivity contribution in [1.82, 2.24) is 4.90 Å². The monoisotopic (exact) mass is 275 g/mol. The van der Waals surface area contributed by atoms with Gasteiger partial charge in [-0.25, -0.2) is 4.79 Å². The number of benzene rings is 1. The molecule has 0 radical (unpaired) electrons. The summed E-state index contributed by atoms with van der Waals surface area (Å²) in [4.78, 5) is 25.2. The molecule has 2 heterocycles. The van der Waals surface area contributed by atoms with E-state index >= 15 is 0 Å². The molecular formula is C15H17NO4. The highest BCUT2D eigenvalue weighted by Gasteiger charge is 2.42. The SMILES string of the molecule is O=C1C[C@H]2CCC[C@@H](O1)N2C(=O)OCc1ccccc1. The minimum Gasteiger partial charge on any atom is -0.444 e. The van der Waals surface area contributed by atoms with Crippen LogP contribution in [0.3, 0.4) is 0 Å². The molecule has 2 bridgehead atoms. The standard InChI is InChI=1S/C15H17NO4/c17-14-9-12-7-4-8-13(20-14)16(12)15(18)19-10-11-5-2-1-3-6-11/h1-3,5-6,12-13H,4,7-10H2/t12-,13-/m1/s1. The van der Waals surface area contributed by atoms with Crippen LogP contribution in [0.2, 0.25) is 0 Å². The third kappa shape index (κ3) is 2.61. The second-order valence-electron chi connectivity index (χ2n) is 5.18. The molecule has 3 rings (SSSR count). The number of amides is 1. The number of carbonyl (C=O) groups is 2. The van der Waals surface area contributed by atoms with E-state index in [-0.39, 0.29) is 25.0 Å². The molecule has 0 aromatic heterocycles. The number of piperidine rings is 1. The zero-order valence-corrected chi connectivity index (χ0v) is 11.2. The van der Waals surface area contributed by atoms with E-state index in [0.717, 1.165) is 18.4 Å². The Morgan fingerprint density at radius 3 is 2.85 bits per heavy atom. The summed E-state index contributed by atoms with van der Waals surface area (Å²) in [5, 5.41) is 0. The minimum absolute atomic E-state index is 0.0710. The lowest BCUT2D eigenvalue weighted by atomic mass is 9.96. The van der Waals surface area contributed by atoms with Crippen LogP contribution >= 0.6 is 0 Å². The summed E-state index contributed by atoms with van der Waals surface area (Å²) in [7, 11) is 0. The van der Waals surface area contributed by atoms with Crippen LogP contribution < -0.4 is 0 Å². The van der Waals surface area contributed by atoms with Crippen molar-refractivity contribution in [3.63, 3.8) is 0 Å². The fourth-order valence-corrected chi connectivity index (χ4v) is 2.81. The second kappa shape index (κ2) is 5.53. The van der Waals surface area contributed by atoms with Gasteiger partial charge in [-0.2, -0.15) is 0 Å². The van der Waals surface area contributed by atoms with Crippen molar-refractivity contribution in [2.24, 2.45) is 0 Å². The number of carbonyl (C=O) groups excluding carboxylic acids is 2.